The first-order valence-corrected chi connectivity index (χ1v) is 6.32. The Morgan fingerprint density at radius 1 is 1.05 bits per heavy atom. The van der Waals surface area contributed by atoms with Gasteiger partial charge in [-0.1, -0.05) is 23.7 Å². The van der Waals surface area contributed by atoms with Crippen LogP contribution in [-0.4, -0.2) is 0 Å². The molecule has 0 fully saturated rings. The second kappa shape index (κ2) is 4.89. The molecule has 5 heteroatoms. The summed E-state index contributed by atoms with van der Waals surface area (Å²) in [5.74, 6) is -0.679. The van der Waals surface area contributed by atoms with Gasteiger partial charge in [-0.15, -0.1) is 0 Å². The van der Waals surface area contributed by atoms with E-state index in [1.54, 1.807) is 18.2 Å². The molecule has 1 heterocycles. The minimum atomic E-state index is -0.847. The van der Waals surface area contributed by atoms with Crippen molar-refractivity contribution in [2.75, 3.05) is 0 Å². The summed E-state index contributed by atoms with van der Waals surface area (Å²) in [6, 6.07) is 9.43. The summed E-state index contributed by atoms with van der Waals surface area (Å²) in [5.41, 5.74) is 6.30. The van der Waals surface area contributed by atoms with Crippen LogP contribution in [0.3, 0.4) is 0 Å². The Kier molecular flexibility index (Phi) is 3.20. The predicted molar refractivity (Wildman–Crippen MR) is 73.6 cm³/mol. The van der Waals surface area contributed by atoms with Crippen LogP contribution < -0.4 is 5.73 Å². The Labute approximate surface area is 118 Å². The molecule has 2 nitrogen and oxygen atoms in total. The summed E-state index contributed by atoms with van der Waals surface area (Å²) in [6.45, 7) is 0. The molecule has 0 saturated carbocycles. The van der Waals surface area contributed by atoms with E-state index in [0.717, 1.165) is 0 Å². The maximum absolute atomic E-state index is 13.8. The maximum Gasteiger partial charge on any atom is 0.169 e. The predicted octanol–water partition coefficient (Wildman–Crippen LogP) is 4.41. The highest BCUT2D eigenvalue weighted by atomic mass is 35.5. The molecular weight excluding hydrogens is 284 g/mol. The van der Waals surface area contributed by atoms with Crippen molar-refractivity contribution < 1.29 is 13.2 Å². The molecule has 0 amide bonds. The lowest BCUT2D eigenvalue weighted by Crippen LogP contribution is -2.12. The topological polar surface area (TPSA) is 39.2 Å². The van der Waals surface area contributed by atoms with E-state index in [-0.39, 0.29) is 16.9 Å². The van der Waals surface area contributed by atoms with Crippen molar-refractivity contribution in [1.29, 1.82) is 0 Å². The van der Waals surface area contributed by atoms with E-state index >= 15 is 0 Å². The van der Waals surface area contributed by atoms with E-state index in [1.807, 2.05) is 0 Å². The molecule has 0 saturated heterocycles. The molecule has 0 bridgehead atoms. The van der Waals surface area contributed by atoms with E-state index < -0.39 is 17.7 Å². The number of fused-ring (bicyclic) bond motifs is 1. The zero-order valence-electron chi connectivity index (χ0n) is 10.2. The van der Waals surface area contributed by atoms with Crippen LogP contribution in [0.5, 0.6) is 0 Å². The van der Waals surface area contributed by atoms with Crippen molar-refractivity contribution in [1.82, 2.24) is 0 Å². The fourth-order valence-electron chi connectivity index (χ4n) is 2.11. The number of nitrogens with two attached hydrogens (primary N) is 1. The lowest BCUT2D eigenvalue weighted by atomic mass is 10.0. The maximum atomic E-state index is 13.8. The van der Waals surface area contributed by atoms with Gasteiger partial charge in [-0.25, -0.2) is 8.78 Å². The van der Waals surface area contributed by atoms with Gasteiger partial charge >= 0.3 is 0 Å². The van der Waals surface area contributed by atoms with E-state index in [1.165, 1.54) is 24.3 Å². The van der Waals surface area contributed by atoms with Gasteiger partial charge in [0.25, 0.3) is 0 Å². The van der Waals surface area contributed by atoms with Gasteiger partial charge in [0, 0.05) is 16.0 Å². The molecule has 0 aliphatic heterocycles. The Bertz CT molecular complexity index is 785. The van der Waals surface area contributed by atoms with Gasteiger partial charge in [0.1, 0.15) is 11.6 Å². The fraction of sp³-hybridized carbons (Fsp3) is 0.0667. The van der Waals surface area contributed by atoms with Gasteiger partial charge in [0.15, 0.2) is 11.4 Å². The number of para-hydroxylation sites is 1. The first-order valence-electron chi connectivity index (χ1n) is 5.95. The Morgan fingerprint density at radius 2 is 1.85 bits per heavy atom. The summed E-state index contributed by atoms with van der Waals surface area (Å²) >= 11 is 5.84. The highest BCUT2D eigenvalue weighted by molar-refractivity contribution is 6.30. The van der Waals surface area contributed by atoms with Crippen LogP contribution in [0.1, 0.15) is 17.4 Å². The number of hydrogen-bond donors (Lipinski definition) is 1. The van der Waals surface area contributed by atoms with Crippen LogP contribution in [0.25, 0.3) is 11.0 Å². The normalized spacial score (nSPS) is 12.8. The van der Waals surface area contributed by atoms with Crippen molar-refractivity contribution in [3.05, 3.63) is 70.4 Å². The molecule has 3 aromatic rings. The average molecular weight is 294 g/mol. The highest BCUT2D eigenvalue weighted by Crippen LogP contribution is 2.30. The van der Waals surface area contributed by atoms with Gasteiger partial charge in [-0.2, -0.15) is 0 Å². The third-order valence-corrected chi connectivity index (χ3v) is 3.35. The van der Waals surface area contributed by atoms with E-state index in [2.05, 4.69) is 0 Å². The van der Waals surface area contributed by atoms with Crippen molar-refractivity contribution in [2.24, 2.45) is 5.73 Å². The third kappa shape index (κ3) is 2.17. The second-order valence-electron chi connectivity index (χ2n) is 4.45. The standard InChI is InChI=1S/C15H10ClF2NO/c16-9-4-5-11(17)10(7-9)14(19)13-6-8-2-1-3-12(18)15(8)20-13/h1-7,14H,19H2. The van der Waals surface area contributed by atoms with Gasteiger partial charge in [-0.3, -0.25) is 0 Å². The molecule has 0 aliphatic rings. The minimum Gasteiger partial charge on any atom is -0.456 e. The first kappa shape index (κ1) is 13.1. The number of hydrogen-bond acceptors (Lipinski definition) is 2. The van der Waals surface area contributed by atoms with Crippen molar-refractivity contribution in [3.63, 3.8) is 0 Å². The molecule has 0 aliphatic carbocycles. The summed E-state index contributed by atoms with van der Waals surface area (Å²) < 4.78 is 32.8. The van der Waals surface area contributed by atoms with Crippen LogP contribution in [0.15, 0.2) is 46.9 Å². The lowest BCUT2D eigenvalue weighted by molar-refractivity contribution is 0.492. The number of halogens is 3. The quantitative estimate of drug-likeness (QED) is 0.760. The molecule has 1 aromatic heterocycles. The molecule has 0 spiro atoms. The molecule has 1 unspecified atom stereocenters. The monoisotopic (exact) mass is 293 g/mol. The summed E-state index contributed by atoms with van der Waals surface area (Å²) in [5, 5.41) is 0.956. The SMILES string of the molecule is NC(c1cc2cccc(F)c2o1)c1cc(Cl)ccc1F. The van der Waals surface area contributed by atoms with Gasteiger partial charge < -0.3 is 10.2 Å². The number of benzene rings is 2. The highest BCUT2D eigenvalue weighted by Gasteiger charge is 2.19. The second-order valence-corrected chi connectivity index (χ2v) is 4.89. The van der Waals surface area contributed by atoms with Crippen LogP contribution in [0.2, 0.25) is 5.02 Å². The molecule has 1 atom stereocenters. The smallest absolute Gasteiger partial charge is 0.169 e. The Morgan fingerprint density at radius 3 is 2.60 bits per heavy atom. The molecule has 102 valence electrons. The zero-order valence-corrected chi connectivity index (χ0v) is 11.0. The largest absolute Gasteiger partial charge is 0.456 e. The zero-order chi connectivity index (χ0) is 14.3. The lowest BCUT2D eigenvalue weighted by Gasteiger charge is -2.10. The fourth-order valence-corrected chi connectivity index (χ4v) is 2.29. The van der Waals surface area contributed by atoms with Crippen molar-refractivity contribution in [3.8, 4) is 0 Å². The third-order valence-electron chi connectivity index (χ3n) is 3.11. The van der Waals surface area contributed by atoms with Gasteiger partial charge in [-0.05, 0) is 30.3 Å². The molecular formula is C15H10ClF2NO. The molecule has 20 heavy (non-hydrogen) atoms. The first-order chi connectivity index (χ1) is 9.56. The van der Waals surface area contributed by atoms with E-state index in [4.69, 9.17) is 21.8 Å². The van der Waals surface area contributed by atoms with Crippen LogP contribution >= 0.6 is 11.6 Å². The van der Waals surface area contributed by atoms with Crippen molar-refractivity contribution in [2.45, 2.75) is 6.04 Å². The van der Waals surface area contributed by atoms with Crippen molar-refractivity contribution >= 4 is 22.6 Å². The van der Waals surface area contributed by atoms with Crippen LogP contribution in [0, 0.1) is 11.6 Å². The van der Waals surface area contributed by atoms with Gasteiger partial charge in [0.05, 0.1) is 6.04 Å². The Balaban J connectivity index is 2.10. The minimum absolute atomic E-state index is 0.111. The summed E-state index contributed by atoms with van der Waals surface area (Å²) in [7, 11) is 0. The van der Waals surface area contributed by atoms with E-state index in [9.17, 15) is 8.78 Å². The molecule has 2 aromatic carbocycles. The van der Waals surface area contributed by atoms with Crippen LogP contribution in [0.4, 0.5) is 8.78 Å². The molecule has 2 N–H and O–H groups in total. The molecule has 0 radical (unpaired) electrons. The average Bonchev–Trinajstić information content (AvgIpc) is 2.86. The number of rotatable bonds is 2. The van der Waals surface area contributed by atoms with Gasteiger partial charge in [0.2, 0.25) is 0 Å². The molecule has 3 rings (SSSR count). The van der Waals surface area contributed by atoms with Crippen LogP contribution in [-0.2, 0) is 0 Å². The van der Waals surface area contributed by atoms with E-state index in [0.29, 0.717) is 10.4 Å². The Hall–Kier alpha value is -1.91. The summed E-state index contributed by atoms with van der Waals surface area (Å²) in [6.07, 6.45) is 0. The number of furan rings is 1. The summed E-state index contributed by atoms with van der Waals surface area (Å²) in [4.78, 5) is 0.